The van der Waals surface area contributed by atoms with E-state index in [1.165, 1.54) is 18.2 Å². The van der Waals surface area contributed by atoms with Crippen LogP contribution in [0.2, 0.25) is 0 Å². The molecule has 1 atom stereocenters. The number of ether oxygens (including phenoxy) is 2. The summed E-state index contributed by atoms with van der Waals surface area (Å²) < 4.78 is 23.9. The Kier molecular flexibility index (Phi) is 6.33. The van der Waals surface area contributed by atoms with Gasteiger partial charge in [0.25, 0.3) is 5.91 Å². The lowest BCUT2D eigenvalue weighted by atomic mass is 10.2. The van der Waals surface area contributed by atoms with Crippen LogP contribution in [0.5, 0.6) is 11.5 Å². The minimum atomic E-state index is -0.798. The maximum atomic E-state index is 13.1. The highest BCUT2D eigenvalue weighted by molar-refractivity contribution is 5.94. The zero-order chi connectivity index (χ0) is 18.2. The normalized spacial score (nSPS) is 11.4. The average molecular weight is 346 g/mol. The van der Waals surface area contributed by atoms with E-state index < -0.39 is 17.8 Å². The molecule has 0 fully saturated rings. The van der Waals surface area contributed by atoms with Crippen LogP contribution in [0.3, 0.4) is 0 Å². The van der Waals surface area contributed by atoms with Crippen molar-refractivity contribution in [2.45, 2.75) is 19.4 Å². The highest BCUT2D eigenvalue weighted by Gasteiger charge is 2.15. The second-order valence-electron chi connectivity index (χ2n) is 5.30. The molecule has 0 saturated heterocycles. The Morgan fingerprint density at radius 2 is 1.88 bits per heavy atom. The van der Waals surface area contributed by atoms with Crippen molar-refractivity contribution in [2.75, 3.05) is 11.9 Å². The summed E-state index contributed by atoms with van der Waals surface area (Å²) in [6.07, 6.45) is -0.666. The second kappa shape index (κ2) is 8.68. The molecule has 0 radical (unpaired) electrons. The van der Waals surface area contributed by atoms with Crippen LogP contribution in [0, 0.1) is 5.82 Å². The van der Waals surface area contributed by atoms with Crippen molar-refractivity contribution in [3.8, 4) is 11.5 Å². The molecular weight excluding hydrogens is 327 g/mol. The number of primary amides is 1. The molecule has 0 aromatic heterocycles. The van der Waals surface area contributed by atoms with E-state index in [0.717, 1.165) is 0 Å². The van der Waals surface area contributed by atoms with Gasteiger partial charge in [-0.1, -0.05) is 6.07 Å². The number of halogens is 1. The van der Waals surface area contributed by atoms with Gasteiger partial charge in [-0.15, -0.1) is 0 Å². The summed E-state index contributed by atoms with van der Waals surface area (Å²) in [7, 11) is 0. The first-order chi connectivity index (χ1) is 11.9. The van der Waals surface area contributed by atoms with Crippen molar-refractivity contribution in [1.82, 2.24) is 0 Å². The lowest BCUT2D eigenvalue weighted by molar-refractivity contribution is -0.122. The number of benzene rings is 2. The van der Waals surface area contributed by atoms with Crippen molar-refractivity contribution >= 4 is 17.5 Å². The van der Waals surface area contributed by atoms with Gasteiger partial charge in [-0.25, -0.2) is 4.39 Å². The average Bonchev–Trinajstić information content (AvgIpc) is 2.56. The number of anilines is 1. The standard InChI is InChI=1S/C18H19FN2O4/c1-12(25-16-4-2-3-13(19)11-16)18(23)21-14-5-7-15(8-6-14)24-10-9-17(20)22/h2-8,11-12H,9-10H2,1H3,(H2,20,22)(H,21,23). The van der Waals surface area contributed by atoms with Crippen molar-refractivity contribution in [3.05, 3.63) is 54.3 Å². The molecule has 25 heavy (non-hydrogen) atoms. The third-order valence-electron chi connectivity index (χ3n) is 3.22. The maximum absolute atomic E-state index is 13.1. The summed E-state index contributed by atoms with van der Waals surface area (Å²) in [5, 5.41) is 2.69. The topological polar surface area (TPSA) is 90.7 Å². The van der Waals surface area contributed by atoms with Gasteiger partial charge in [-0.3, -0.25) is 9.59 Å². The van der Waals surface area contributed by atoms with Crippen molar-refractivity contribution in [3.63, 3.8) is 0 Å². The zero-order valence-corrected chi connectivity index (χ0v) is 13.7. The number of carbonyl (C=O) groups is 2. The third-order valence-corrected chi connectivity index (χ3v) is 3.22. The molecule has 6 nitrogen and oxygen atoms in total. The summed E-state index contributed by atoms with van der Waals surface area (Å²) in [5.74, 6) is -0.399. The van der Waals surface area contributed by atoms with Crippen LogP contribution in [0.4, 0.5) is 10.1 Å². The molecule has 132 valence electrons. The predicted octanol–water partition coefficient (Wildman–Crippen LogP) is 2.49. The lowest BCUT2D eigenvalue weighted by Gasteiger charge is -2.15. The minimum absolute atomic E-state index is 0.132. The van der Waals surface area contributed by atoms with E-state index >= 15 is 0 Å². The van der Waals surface area contributed by atoms with E-state index in [9.17, 15) is 14.0 Å². The quantitative estimate of drug-likeness (QED) is 0.768. The number of hydrogen-bond acceptors (Lipinski definition) is 4. The van der Waals surface area contributed by atoms with Gasteiger partial charge in [-0.05, 0) is 43.3 Å². The molecule has 0 saturated carbocycles. The van der Waals surface area contributed by atoms with Gasteiger partial charge in [0, 0.05) is 11.8 Å². The van der Waals surface area contributed by atoms with Gasteiger partial charge in [0.2, 0.25) is 5.91 Å². The fraction of sp³-hybridized carbons (Fsp3) is 0.222. The van der Waals surface area contributed by atoms with Gasteiger partial charge in [-0.2, -0.15) is 0 Å². The summed E-state index contributed by atoms with van der Waals surface area (Å²) in [4.78, 5) is 22.8. The van der Waals surface area contributed by atoms with Gasteiger partial charge in [0.05, 0.1) is 13.0 Å². The summed E-state index contributed by atoms with van der Waals surface area (Å²) in [6, 6.07) is 12.2. The predicted molar refractivity (Wildman–Crippen MR) is 90.9 cm³/mol. The van der Waals surface area contributed by atoms with Crippen LogP contribution in [0.25, 0.3) is 0 Å². The molecule has 3 N–H and O–H groups in total. The molecule has 0 heterocycles. The number of carbonyl (C=O) groups excluding carboxylic acids is 2. The van der Waals surface area contributed by atoms with Crippen LogP contribution < -0.4 is 20.5 Å². The monoisotopic (exact) mass is 346 g/mol. The summed E-state index contributed by atoms with van der Waals surface area (Å²) in [5.41, 5.74) is 5.59. The first-order valence-electron chi connectivity index (χ1n) is 7.68. The Morgan fingerprint density at radius 3 is 2.52 bits per heavy atom. The molecule has 2 aromatic carbocycles. The highest BCUT2D eigenvalue weighted by Crippen LogP contribution is 2.17. The molecule has 2 amide bonds. The Morgan fingerprint density at radius 1 is 1.16 bits per heavy atom. The lowest BCUT2D eigenvalue weighted by Crippen LogP contribution is -2.30. The van der Waals surface area contributed by atoms with Crippen LogP contribution >= 0.6 is 0 Å². The van der Waals surface area contributed by atoms with E-state index in [2.05, 4.69) is 5.32 Å². The number of nitrogens with two attached hydrogens (primary N) is 1. The fourth-order valence-corrected chi connectivity index (χ4v) is 1.95. The van der Waals surface area contributed by atoms with Crippen molar-refractivity contribution < 1.29 is 23.5 Å². The van der Waals surface area contributed by atoms with E-state index in [-0.39, 0.29) is 24.7 Å². The molecule has 0 aliphatic heterocycles. The van der Waals surface area contributed by atoms with Crippen LogP contribution in [0.1, 0.15) is 13.3 Å². The molecule has 0 bridgehead atoms. The Labute approximate surface area is 144 Å². The van der Waals surface area contributed by atoms with E-state index in [1.807, 2.05) is 0 Å². The molecule has 1 unspecified atom stereocenters. The van der Waals surface area contributed by atoms with Gasteiger partial charge < -0.3 is 20.5 Å². The molecule has 7 heteroatoms. The first kappa shape index (κ1) is 18.3. The van der Waals surface area contributed by atoms with Crippen molar-refractivity contribution in [1.29, 1.82) is 0 Å². The maximum Gasteiger partial charge on any atom is 0.265 e. The Bertz CT molecular complexity index is 734. The Hall–Kier alpha value is -3.09. The molecule has 2 aromatic rings. The third kappa shape index (κ3) is 6.14. The molecular formula is C18H19FN2O4. The number of rotatable bonds is 8. The molecule has 0 spiro atoms. The largest absolute Gasteiger partial charge is 0.493 e. The van der Waals surface area contributed by atoms with Gasteiger partial charge >= 0.3 is 0 Å². The highest BCUT2D eigenvalue weighted by atomic mass is 19.1. The van der Waals surface area contributed by atoms with Crippen molar-refractivity contribution in [2.24, 2.45) is 5.73 Å². The SMILES string of the molecule is CC(Oc1cccc(F)c1)C(=O)Nc1ccc(OCCC(N)=O)cc1. The summed E-state index contributed by atoms with van der Waals surface area (Å²) in [6.45, 7) is 1.76. The smallest absolute Gasteiger partial charge is 0.265 e. The van der Waals surface area contributed by atoms with Gasteiger partial charge in [0.1, 0.15) is 17.3 Å². The van der Waals surface area contributed by atoms with Crippen LogP contribution in [-0.2, 0) is 9.59 Å². The molecule has 0 aliphatic rings. The zero-order valence-electron chi connectivity index (χ0n) is 13.7. The van der Waals surface area contributed by atoms with E-state index in [0.29, 0.717) is 11.4 Å². The fourth-order valence-electron chi connectivity index (χ4n) is 1.95. The van der Waals surface area contributed by atoms with E-state index in [1.54, 1.807) is 37.3 Å². The number of amides is 2. The summed E-state index contributed by atoms with van der Waals surface area (Å²) >= 11 is 0. The number of nitrogens with one attached hydrogen (secondary N) is 1. The van der Waals surface area contributed by atoms with E-state index in [4.69, 9.17) is 15.2 Å². The molecule has 2 rings (SSSR count). The first-order valence-corrected chi connectivity index (χ1v) is 7.68. The minimum Gasteiger partial charge on any atom is -0.493 e. The van der Waals surface area contributed by atoms with Gasteiger partial charge in [0.15, 0.2) is 6.10 Å². The second-order valence-corrected chi connectivity index (χ2v) is 5.30. The molecule has 0 aliphatic carbocycles. The number of hydrogen-bond donors (Lipinski definition) is 2. The Balaban J connectivity index is 1.86. The van der Waals surface area contributed by atoms with Crippen LogP contribution in [-0.4, -0.2) is 24.5 Å². The van der Waals surface area contributed by atoms with Crippen LogP contribution in [0.15, 0.2) is 48.5 Å².